The third-order valence-electron chi connectivity index (χ3n) is 11.3. The lowest BCUT2D eigenvalue weighted by Gasteiger charge is -2.18. The summed E-state index contributed by atoms with van der Waals surface area (Å²) < 4.78 is 17.4. The van der Waals surface area contributed by atoms with Crippen LogP contribution in [0, 0.1) is 0 Å². The molecule has 0 heterocycles. The summed E-state index contributed by atoms with van der Waals surface area (Å²) in [6.07, 6.45) is 76.7. The van der Waals surface area contributed by atoms with Crippen LogP contribution < -0.4 is 0 Å². The van der Waals surface area contributed by atoms with Crippen molar-refractivity contribution >= 4 is 11.9 Å². The summed E-state index contributed by atoms with van der Waals surface area (Å²) in [5.41, 5.74) is 0. The molecule has 0 rings (SSSR count). The molecular formula is C61H102O5. The van der Waals surface area contributed by atoms with Crippen molar-refractivity contribution in [2.24, 2.45) is 0 Å². The van der Waals surface area contributed by atoms with E-state index in [1.54, 1.807) is 0 Å². The van der Waals surface area contributed by atoms with Gasteiger partial charge >= 0.3 is 11.9 Å². The molecule has 0 saturated heterocycles. The third kappa shape index (κ3) is 53.2. The molecule has 0 N–H and O–H groups in total. The van der Waals surface area contributed by atoms with E-state index in [-0.39, 0.29) is 25.2 Å². The average Bonchev–Trinajstić information content (AvgIpc) is 3.32. The molecule has 0 aliphatic heterocycles. The normalized spacial score (nSPS) is 13.1. The number of ether oxygens (including phenoxy) is 3. The van der Waals surface area contributed by atoms with Crippen LogP contribution in [0.15, 0.2) is 109 Å². The van der Waals surface area contributed by atoms with Crippen molar-refractivity contribution in [1.29, 1.82) is 0 Å². The van der Waals surface area contributed by atoms with Crippen molar-refractivity contribution in [2.75, 3.05) is 19.8 Å². The van der Waals surface area contributed by atoms with Gasteiger partial charge in [0.05, 0.1) is 6.61 Å². The fourth-order valence-electron chi connectivity index (χ4n) is 7.25. The van der Waals surface area contributed by atoms with Gasteiger partial charge in [-0.25, -0.2) is 0 Å². The number of esters is 2. The van der Waals surface area contributed by atoms with E-state index >= 15 is 0 Å². The van der Waals surface area contributed by atoms with Crippen LogP contribution in [0.2, 0.25) is 0 Å². The van der Waals surface area contributed by atoms with E-state index in [9.17, 15) is 9.59 Å². The summed E-state index contributed by atoms with van der Waals surface area (Å²) in [4.78, 5) is 25.5. The monoisotopic (exact) mass is 915 g/mol. The topological polar surface area (TPSA) is 61.8 Å². The maximum Gasteiger partial charge on any atom is 0.306 e. The van der Waals surface area contributed by atoms with Crippen molar-refractivity contribution < 1.29 is 23.8 Å². The standard InChI is InChI=1S/C61H102O5/c1-4-7-10-13-16-19-22-25-27-29-31-32-34-37-39-42-45-48-51-54-60(62)65-58-59(66-61(63)55-52-49-46-43-40-36-24-21-18-15-12-9-6-3)57-64-56-53-50-47-44-41-38-35-33-30-28-26-23-20-17-14-11-8-5-2/h7-8,10-11,16-17,19-21,24-28,31-32,37,39,59H,4-6,9,12-15,18,22-23,29-30,33-36,38,40-58H2,1-3H3/b10-7-,11-8-,19-16-,20-17-,24-21-,27-25-,28-26-,32-31-,39-37-. The molecule has 0 aliphatic rings. The number of carbonyl (C=O) groups excluding carboxylic acids is 2. The molecule has 376 valence electrons. The number of hydrogen-bond donors (Lipinski definition) is 0. The Morgan fingerprint density at radius 1 is 0.348 bits per heavy atom. The summed E-state index contributed by atoms with van der Waals surface area (Å²) in [6, 6.07) is 0. The number of hydrogen-bond acceptors (Lipinski definition) is 5. The van der Waals surface area contributed by atoms with Gasteiger partial charge in [0.2, 0.25) is 0 Å². The van der Waals surface area contributed by atoms with Gasteiger partial charge in [0.15, 0.2) is 6.10 Å². The summed E-state index contributed by atoms with van der Waals surface area (Å²) in [6.45, 7) is 7.53. The Hall–Kier alpha value is -3.44. The third-order valence-corrected chi connectivity index (χ3v) is 11.3. The molecule has 0 bridgehead atoms. The predicted octanol–water partition coefficient (Wildman–Crippen LogP) is 18.8. The second-order valence-electron chi connectivity index (χ2n) is 17.7. The maximum absolute atomic E-state index is 12.8. The molecule has 1 atom stereocenters. The van der Waals surface area contributed by atoms with Gasteiger partial charge in [-0.15, -0.1) is 0 Å². The van der Waals surface area contributed by atoms with Crippen LogP contribution in [0.3, 0.4) is 0 Å². The van der Waals surface area contributed by atoms with Gasteiger partial charge in [-0.2, -0.15) is 0 Å². The number of unbranched alkanes of at least 4 members (excludes halogenated alkanes) is 20. The lowest BCUT2D eigenvalue weighted by atomic mass is 10.1. The molecule has 5 heteroatoms. The first-order valence-electron chi connectivity index (χ1n) is 27.4. The molecule has 66 heavy (non-hydrogen) atoms. The van der Waals surface area contributed by atoms with Gasteiger partial charge in [-0.1, -0.05) is 214 Å². The summed E-state index contributed by atoms with van der Waals surface area (Å²) in [5, 5.41) is 0. The predicted molar refractivity (Wildman–Crippen MR) is 288 cm³/mol. The fourth-order valence-corrected chi connectivity index (χ4v) is 7.25. The molecule has 0 aromatic rings. The highest BCUT2D eigenvalue weighted by atomic mass is 16.6. The first-order valence-corrected chi connectivity index (χ1v) is 27.4. The Labute approximate surface area is 408 Å². The lowest BCUT2D eigenvalue weighted by molar-refractivity contribution is -0.163. The zero-order valence-electron chi connectivity index (χ0n) is 43.2. The minimum absolute atomic E-state index is 0.0561. The highest BCUT2D eigenvalue weighted by Gasteiger charge is 2.17. The van der Waals surface area contributed by atoms with E-state index in [1.165, 1.54) is 89.9 Å². The SMILES string of the molecule is CC/C=C\C/C=C\C/C=C\C/C=C\C/C=C\CCCCCC(=O)OCC(COCCCCCCCCCC/C=C\C/C=C\C/C=C\CC)OC(=O)CCCCCCC/C=C\CCCCCC. The molecule has 0 aromatic carbocycles. The quantitative estimate of drug-likeness (QED) is 0.0346. The average molecular weight is 915 g/mol. The lowest BCUT2D eigenvalue weighted by Crippen LogP contribution is -2.30. The van der Waals surface area contributed by atoms with E-state index in [0.717, 1.165) is 116 Å². The molecule has 0 amide bonds. The summed E-state index contributed by atoms with van der Waals surface area (Å²) in [5.74, 6) is -0.451. The Morgan fingerprint density at radius 3 is 1.12 bits per heavy atom. The van der Waals surface area contributed by atoms with E-state index in [4.69, 9.17) is 14.2 Å². The van der Waals surface area contributed by atoms with Crippen molar-refractivity contribution in [3.63, 3.8) is 0 Å². The van der Waals surface area contributed by atoms with Gasteiger partial charge in [0.25, 0.3) is 0 Å². The molecule has 0 saturated carbocycles. The van der Waals surface area contributed by atoms with Gasteiger partial charge in [0.1, 0.15) is 6.61 Å². The van der Waals surface area contributed by atoms with Gasteiger partial charge in [-0.05, 0) is 122 Å². The zero-order chi connectivity index (χ0) is 47.7. The molecule has 0 aromatic heterocycles. The minimum Gasteiger partial charge on any atom is -0.462 e. The highest BCUT2D eigenvalue weighted by molar-refractivity contribution is 5.70. The molecular weight excluding hydrogens is 813 g/mol. The molecule has 5 nitrogen and oxygen atoms in total. The first-order chi connectivity index (χ1) is 32.6. The van der Waals surface area contributed by atoms with Crippen LogP contribution in [-0.4, -0.2) is 37.9 Å². The highest BCUT2D eigenvalue weighted by Crippen LogP contribution is 2.13. The Bertz CT molecular complexity index is 1310. The smallest absolute Gasteiger partial charge is 0.306 e. The van der Waals surface area contributed by atoms with Crippen molar-refractivity contribution in [3.8, 4) is 0 Å². The molecule has 0 spiro atoms. The Kier molecular flexibility index (Phi) is 53.0. The zero-order valence-corrected chi connectivity index (χ0v) is 43.2. The molecule has 0 fully saturated rings. The summed E-state index contributed by atoms with van der Waals surface area (Å²) >= 11 is 0. The van der Waals surface area contributed by atoms with E-state index in [0.29, 0.717) is 19.4 Å². The number of rotatable bonds is 49. The van der Waals surface area contributed by atoms with Crippen molar-refractivity contribution in [3.05, 3.63) is 109 Å². The van der Waals surface area contributed by atoms with Gasteiger partial charge in [0, 0.05) is 19.4 Å². The van der Waals surface area contributed by atoms with Gasteiger partial charge in [-0.3, -0.25) is 9.59 Å². The van der Waals surface area contributed by atoms with Crippen LogP contribution in [0.5, 0.6) is 0 Å². The van der Waals surface area contributed by atoms with Crippen molar-refractivity contribution in [1.82, 2.24) is 0 Å². The molecule has 1 unspecified atom stereocenters. The van der Waals surface area contributed by atoms with E-state index in [2.05, 4.69) is 130 Å². The van der Waals surface area contributed by atoms with Gasteiger partial charge < -0.3 is 14.2 Å². The Balaban J connectivity index is 4.36. The second-order valence-corrected chi connectivity index (χ2v) is 17.7. The molecule has 0 radical (unpaired) electrons. The van der Waals surface area contributed by atoms with Crippen LogP contribution in [0.25, 0.3) is 0 Å². The molecule has 0 aliphatic carbocycles. The first kappa shape index (κ1) is 62.6. The van der Waals surface area contributed by atoms with E-state index < -0.39 is 6.10 Å². The van der Waals surface area contributed by atoms with Crippen LogP contribution in [0.1, 0.15) is 239 Å². The van der Waals surface area contributed by atoms with Crippen LogP contribution in [-0.2, 0) is 23.8 Å². The fraction of sp³-hybridized carbons (Fsp3) is 0.672. The number of allylic oxidation sites excluding steroid dienone is 18. The summed E-state index contributed by atoms with van der Waals surface area (Å²) in [7, 11) is 0. The largest absolute Gasteiger partial charge is 0.462 e. The van der Waals surface area contributed by atoms with Crippen molar-refractivity contribution in [2.45, 2.75) is 245 Å². The minimum atomic E-state index is -0.565. The van der Waals surface area contributed by atoms with E-state index in [1.807, 2.05) is 0 Å². The second kappa shape index (κ2) is 55.9. The van der Waals surface area contributed by atoms with Crippen LogP contribution in [0.4, 0.5) is 0 Å². The Morgan fingerprint density at radius 2 is 0.682 bits per heavy atom. The maximum atomic E-state index is 12.8. The van der Waals surface area contributed by atoms with Crippen LogP contribution >= 0.6 is 0 Å². The number of carbonyl (C=O) groups is 2.